The van der Waals surface area contributed by atoms with Gasteiger partial charge in [0, 0.05) is 19.0 Å². The average Bonchev–Trinajstić information content (AvgIpc) is 2.56. The monoisotopic (exact) mass is 315 g/mol. The molecule has 0 heterocycles. The van der Waals surface area contributed by atoms with Crippen molar-refractivity contribution >= 4 is 17.8 Å². The van der Waals surface area contributed by atoms with E-state index in [9.17, 15) is 9.59 Å². The Balaban J connectivity index is 2.20. The first-order valence-electron chi connectivity index (χ1n) is 7.93. The molecule has 0 fully saturated rings. The van der Waals surface area contributed by atoms with Crippen LogP contribution in [0.4, 0.5) is 0 Å². The largest absolute Gasteiger partial charge is 0.389 e. The molecule has 0 aliphatic rings. The third-order valence-corrected chi connectivity index (χ3v) is 3.30. The Labute approximate surface area is 137 Å². The standard InChI is InChI=1S/C19H25NO3/c1-16(14-17-8-4-2-5-9-17)11-12-19(23)20-13-7-3-6-10-18(22)15-21/h2,4-5,8-9,11-12,14,21H,3,6-7,10,13,15H2,1H3,(H,20,23)/b12-11+,16-14+. The predicted octanol–water partition coefficient (Wildman–Crippen LogP) is 2.88. The summed E-state index contributed by atoms with van der Waals surface area (Å²) in [5, 5.41) is 11.4. The van der Waals surface area contributed by atoms with Crippen LogP contribution in [0.2, 0.25) is 0 Å². The summed E-state index contributed by atoms with van der Waals surface area (Å²) < 4.78 is 0. The van der Waals surface area contributed by atoms with Crippen LogP contribution in [0.15, 0.2) is 48.1 Å². The van der Waals surface area contributed by atoms with E-state index in [1.54, 1.807) is 6.08 Å². The van der Waals surface area contributed by atoms with Crippen LogP contribution < -0.4 is 5.32 Å². The van der Waals surface area contributed by atoms with Gasteiger partial charge in [-0.15, -0.1) is 0 Å². The van der Waals surface area contributed by atoms with Crippen molar-refractivity contribution in [1.29, 1.82) is 0 Å². The Morgan fingerprint density at radius 1 is 1.09 bits per heavy atom. The van der Waals surface area contributed by atoms with Crippen molar-refractivity contribution in [3.63, 3.8) is 0 Å². The summed E-state index contributed by atoms with van der Waals surface area (Å²) >= 11 is 0. The summed E-state index contributed by atoms with van der Waals surface area (Å²) in [5.41, 5.74) is 2.11. The van der Waals surface area contributed by atoms with Crippen molar-refractivity contribution in [2.75, 3.05) is 13.2 Å². The van der Waals surface area contributed by atoms with E-state index < -0.39 is 0 Å². The van der Waals surface area contributed by atoms with Crippen molar-refractivity contribution < 1.29 is 14.7 Å². The number of ketones is 1. The Kier molecular flexibility index (Phi) is 9.32. The Bertz CT molecular complexity index is 547. The number of nitrogens with one attached hydrogen (secondary N) is 1. The quantitative estimate of drug-likeness (QED) is 0.396. The number of hydrogen-bond donors (Lipinski definition) is 2. The van der Waals surface area contributed by atoms with E-state index >= 15 is 0 Å². The molecule has 0 aliphatic carbocycles. The number of unbranched alkanes of at least 4 members (excludes halogenated alkanes) is 2. The van der Waals surface area contributed by atoms with Crippen molar-refractivity contribution in [1.82, 2.24) is 5.32 Å². The fraction of sp³-hybridized carbons (Fsp3) is 0.368. The minimum atomic E-state index is -0.378. The fourth-order valence-corrected chi connectivity index (χ4v) is 2.04. The van der Waals surface area contributed by atoms with Gasteiger partial charge >= 0.3 is 0 Å². The molecular formula is C19H25NO3. The highest BCUT2D eigenvalue weighted by Gasteiger charge is 1.99. The van der Waals surface area contributed by atoms with Crippen molar-refractivity contribution in [3.8, 4) is 0 Å². The molecular weight excluding hydrogens is 290 g/mol. The van der Waals surface area contributed by atoms with Crippen LogP contribution in [0, 0.1) is 0 Å². The van der Waals surface area contributed by atoms with Gasteiger partial charge in [-0.25, -0.2) is 0 Å². The number of amides is 1. The predicted molar refractivity (Wildman–Crippen MR) is 92.8 cm³/mol. The lowest BCUT2D eigenvalue weighted by Crippen LogP contribution is -2.22. The minimum Gasteiger partial charge on any atom is -0.389 e. The van der Waals surface area contributed by atoms with Gasteiger partial charge in [-0.3, -0.25) is 9.59 Å². The van der Waals surface area contributed by atoms with Gasteiger partial charge in [0.15, 0.2) is 5.78 Å². The van der Waals surface area contributed by atoms with Gasteiger partial charge < -0.3 is 10.4 Å². The highest BCUT2D eigenvalue weighted by molar-refractivity contribution is 5.88. The van der Waals surface area contributed by atoms with Crippen LogP contribution in [0.3, 0.4) is 0 Å². The van der Waals surface area contributed by atoms with Crippen molar-refractivity contribution in [3.05, 3.63) is 53.6 Å². The fourth-order valence-electron chi connectivity index (χ4n) is 2.04. The molecule has 0 aromatic heterocycles. The highest BCUT2D eigenvalue weighted by atomic mass is 16.3. The molecule has 124 valence electrons. The van der Waals surface area contributed by atoms with Crippen molar-refractivity contribution in [2.24, 2.45) is 0 Å². The first-order chi connectivity index (χ1) is 11.1. The van der Waals surface area contributed by atoms with E-state index in [-0.39, 0.29) is 18.3 Å². The lowest BCUT2D eigenvalue weighted by Gasteiger charge is -2.02. The second-order valence-corrected chi connectivity index (χ2v) is 5.43. The summed E-state index contributed by atoms with van der Waals surface area (Å²) in [4.78, 5) is 22.6. The number of rotatable bonds is 10. The SMILES string of the molecule is CC(/C=C/C(=O)NCCCCCC(=O)CO)=C\c1ccccc1. The maximum atomic E-state index is 11.7. The first-order valence-corrected chi connectivity index (χ1v) is 7.93. The van der Waals surface area contributed by atoms with E-state index in [0.29, 0.717) is 13.0 Å². The van der Waals surface area contributed by atoms with Crippen LogP contribution in [0.1, 0.15) is 38.2 Å². The van der Waals surface area contributed by atoms with Gasteiger partial charge in [0.1, 0.15) is 6.61 Å². The summed E-state index contributed by atoms with van der Waals surface area (Å²) in [6, 6.07) is 9.95. The molecule has 0 saturated heterocycles. The molecule has 0 spiro atoms. The lowest BCUT2D eigenvalue weighted by atomic mass is 10.1. The molecule has 0 aliphatic heterocycles. The smallest absolute Gasteiger partial charge is 0.243 e. The zero-order valence-corrected chi connectivity index (χ0v) is 13.6. The third kappa shape index (κ3) is 9.42. The Morgan fingerprint density at radius 3 is 2.52 bits per heavy atom. The van der Waals surface area contributed by atoms with Gasteiger partial charge in [0.05, 0.1) is 0 Å². The third-order valence-electron chi connectivity index (χ3n) is 3.30. The number of aliphatic hydroxyl groups is 1. The molecule has 1 rings (SSSR count). The van der Waals surface area contributed by atoms with Crippen molar-refractivity contribution in [2.45, 2.75) is 32.6 Å². The Morgan fingerprint density at radius 2 is 1.83 bits per heavy atom. The number of allylic oxidation sites excluding steroid dienone is 2. The number of benzene rings is 1. The van der Waals surface area contributed by atoms with Gasteiger partial charge in [0.25, 0.3) is 0 Å². The minimum absolute atomic E-state index is 0.114. The molecule has 1 aromatic carbocycles. The number of aliphatic hydroxyl groups excluding tert-OH is 1. The maximum Gasteiger partial charge on any atom is 0.243 e. The zero-order chi connectivity index (χ0) is 16.9. The van der Waals surface area contributed by atoms with Crippen LogP contribution in [0.5, 0.6) is 0 Å². The molecule has 0 radical (unpaired) electrons. The molecule has 1 amide bonds. The topological polar surface area (TPSA) is 66.4 Å². The molecule has 23 heavy (non-hydrogen) atoms. The summed E-state index contributed by atoms with van der Waals surface area (Å²) in [6.45, 7) is 2.17. The van der Waals surface area contributed by atoms with Gasteiger partial charge in [-0.2, -0.15) is 0 Å². The van der Waals surface area contributed by atoms with E-state index in [4.69, 9.17) is 5.11 Å². The van der Waals surface area contributed by atoms with Gasteiger partial charge in [-0.05, 0) is 25.3 Å². The van der Waals surface area contributed by atoms with Gasteiger partial charge in [-0.1, -0.05) is 54.5 Å². The van der Waals surface area contributed by atoms with E-state index in [0.717, 1.165) is 30.4 Å². The molecule has 0 saturated carbocycles. The molecule has 0 bridgehead atoms. The molecule has 4 heteroatoms. The number of Topliss-reactive ketones (excluding diaryl/α,β-unsaturated/α-hetero) is 1. The maximum absolute atomic E-state index is 11.7. The zero-order valence-electron chi connectivity index (χ0n) is 13.6. The van der Waals surface area contributed by atoms with E-state index in [1.165, 1.54) is 6.08 Å². The Hall–Kier alpha value is -2.20. The second-order valence-electron chi connectivity index (χ2n) is 5.43. The average molecular weight is 315 g/mol. The van der Waals surface area contributed by atoms with Crippen LogP contribution in [0.25, 0.3) is 6.08 Å². The summed E-state index contributed by atoms with van der Waals surface area (Å²) in [6.07, 6.45) is 8.20. The molecule has 0 atom stereocenters. The van der Waals surface area contributed by atoms with Gasteiger partial charge in [0.2, 0.25) is 5.91 Å². The summed E-state index contributed by atoms with van der Waals surface area (Å²) in [5.74, 6) is -0.241. The number of hydrogen-bond acceptors (Lipinski definition) is 3. The summed E-state index contributed by atoms with van der Waals surface area (Å²) in [7, 11) is 0. The molecule has 2 N–H and O–H groups in total. The molecule has 1 aromatic rings. The van der Waals surface area contributed by atoms with Crippen LogP contribution in [-0.4, -0.2) is 29.9 Å². The highest BCUT2D eigenvalue weighted by Crippen LogP contribution is 2.06. The number of carbonyl (C=O) groups excluding carboxylic acids is 2. The lowest BCUT2D eigenvalue weighted by molar-refractivity contribution is -0.122. The molecule has 4 nitrogen and oxygen atoms in total. The first kappa shape index (κ1) is 18.8. The van der Waals surface area contributed by atoms with E-state index in [2.05, 4.69) is 5.32 Å². The molecule has 0 unspecified atom stereocenters. The van der Waals surface area contributed by atoms with E-state index in [1.807, 2.05) is 43.3 Å². The van der Waals surface area contributed by atoms with Crippen LogP contribution in [-0.2, 0) is 9.59 Å². The second kappa shape index (κ2) is 11.4. The number of carbonyl (C=O) groups is 2. The normalized spacial score (nSPS) is 11.7. The van der Waals surface area contributed by atoms with Crippen LogP contribution >= 0.6 is 0 Å².